The Morgan fingerprint density at radius 3 is 2.08 bits per heavy atom. The highest BCUT2D eigenvalue weighted by Gasteiger charge is 2.20. The average molecular weight is 363 g/mol. The van der Waals surface area contributed by atoms with Crippen LogP contribution in [-0.2, 0) is 10.0 Å². The fourth-order valence-corrected chi connectivity index (χ4v) is 3.28. The normalized spacial score (nSPS) is 11.4. The number of hydrogen-bond acceptors (Lipinski definition) is 5. The first kappa shape index (κ1) is 19.0. The van der Waals surface area contributed by atoms with Crippen LogP contribution in [0, 0.1) is 0 Å². The van der Waals surface area contributed by atoms with Crippen LogP contribution in [0.2, 0.25) is 0 Å². The third kappa shape index (κ3) is 4.80. The highest BCUT2D eigenvalue weighted by Crippen LogP contribution is 2.18. The topological polar surface area (TPSA) is 72.9 Å². The van der Waals surface area contributed by atoms with E-state index in [0.29, 0.717) is 11.3 Å². The zero-order valence-electron chi connectivity index (χ0n) is 14.4. The molecule has 134 valence electrons. The second kappa shape index (κ2) is 8.13. The summed E-state index contributed by atoms with van der Waals surface area (Å²) in [6, 6.07) is 13.0. The minimum atomic E-state index is -3.62. The first-order valence-corrected chi connectivity index (χ1v) is 9.13. The molecule has 6 nitrogen and oxygen atoms in total. The quantitative estimate of drug-likeness (QED) is 0.674. The molecule has 0 radical (unpaired) electrons. The number of benzene rings is 2. The van der Waals surface area contributed by atoms with E-state index < -0.39 is 10.0 Å². The van der Waals surface area contributed by atoms with Crippen molar-refractivity contribution in [1.82, 2.24) is 4.31 Å². The van der Waals surface area contributed by atoms with Crippen molar-refractivity contribution in [2.75, 3.05) is 27.3 Å². The average Bonchev–Trinajstić information content (AvgIpc) is 2.62. The zero-order valence-corrected chi connectivity index (χ0v) is 15.2. The largest absolute Gasteiger partial charge is 0.497 e. The van der Waals surface area contributed by atoms with Gasteiger partial charge < -0.3 is 9.47 Å². The number of hydrogen-bond donors (Lipinski definition) is 0. The Kier molecular flexibility index (Phi) is 6.17. The first-order chi connectivity index (χ1) is 11.8. The fourth-order valence-electron chi connectivity index (χ4n) is 2.13. The highest BCUT2D eigenvalue weighted by atomic mass is 32.2. The molecular weight excluding hydrogens is 342 g/mol. The van der Waals surface area contributed by atoms with E-state index in [1.54, 1.807) is 31.4 Å². The molecule has 25 heavy (non-hydrogen) atoms. The Hall–Kier alpha value is -2.38. The van der Waals surface area contributed by atoms with Crippen LogP contribution in [0.3, 0.4) is 0 Å². The second-order valence-corrected chi connectivity index (χ2v) is 7.48. The minimum absolute atomic E-state index is 0.106. The summed E-state index contributed by atoms with van der Waals surface area (Å²) in [5.74, 6) is 1.25. The Morgan fingerprint density at radius 1 is 1.00 bits per heavy atom. The van der Waals surface area contributed by atoms with Gasteiger partial charge in [-0.25, -0.2) is 8.42 Å². The summed E-state index contributed by atoms with van der Waals surface area (Å²) >= 11 is 0. The minimum Gasteiger partial charge on any atom is -0.497 e. The second-order valence-electron chi connectivity index (χ2n) is 5.43. The smallest absolute Gasteiger partial charge is 0.242 e. The Balaban J connectivity index is 1.96. The highest BCUT2D eigenvalue weighted by molar-refractivity contribution is 7.89. The molecule has 0 atom stereocenters. The molecule has 2 aromatic carbocycles. The summed E-state index contributed by atoms with van der Waals surface area (Å²) in [5, 5.41) is 0. The zero-order chi connectivity index (χ0) is 18.4. The third-order valence-electron chi connectivity index (χ3n) is 3.70. The van der Waals surface area contributed by atoms with Gasteiger partial charge in [0, 0.05) is 19.2 Å². The van der Waals surface area contributed by atoms with Crippen LogP contribution in [0.4, 0.5) is 0 Å². The van der Waals surface area contributed by atoms with Crippen molar-refractivity contribution in [2.45, 2.75) is 11.8 Å². The van der Waals surface area contributed by atoms with E-state index in [2.05, 4.69) is 0 Å². The predicted molar refractivity (Wildman–Crippen MR) is 94.8 cm³/mol. The SMILES string of the molecule is COc1ccc(OCCN(C)S(=O)(=O)c2ccc(C(C)=O)cc2)cc1. The van der Waals surface area contributed by atoms with E-state index in [0.717, 1.165) is 5.75 Å². The molecule has 0 spiro atoms. The van der Waals surface area contributed by atoms with E-state index in [1.807, 2.05) is 0 Å². The molecule has 7 heteroatoms. The number of sulfonamides is 1. The molecule has 0 bridgehead atoms. The molecule has 0 saturated heterocycles. The molecule has 0 heterocycles. The van der Waals surface area contributed by atoms with Crippen LogP contribution in [0.15, 0.2) is 53.4 Å². The predicted octanol–water partition coefficient (Wildman–Crippen LogP) is 2.60. The van der Waals surface area contributed by atoms with Gasteiger partial charge in [-0.2, -0.15) is 4.31 Å². The van der Waals surface area contributed by atoms with E-state index >= 15 is 0 Å². The fraction of sp³-hybridized carbons (Fsp3) is 0.278. The maximum absolute atomic E-state index is 12.5. The molecule has 0 N–H and O–H groups in total. The number of ketones is 1. The van der Waals surface area contributed by atoms with E-state index in [-0.39, 0.29) is 23.8 Å². The van der Waals surface area contributed by atoms with Crippen LogP contribution in [0.5, 0.6) is 11.5 Å². The molecule has 2 aromatic rings. The van der Waals surface area contributed by atoms with Crippen molar-refractivity contribution in [3.63, 3.8) is 0 Å². The van der Waals surface area contributed by atoms with Crippen molar-refractivity contribution in [3.8, 4) is 11.5 Å². The van der Waals surface area contributed by atoms with Crippen LogP contribution in [0.1, 0.15) is 17.3 Å². The third-order valence-corrected chi connectivity index (χ3v) is 5.57. The lowest BCUT2D eigenvalue weighted by Crippen LogP contribution is -2.31. The molecule has 0 amide bonds. The number of Topliss-reactive ketones (excluding diaryl/α,β-unsaturated/α-hetero) is 1. The number of rotatable bonds is 8. The Morgan fingerprint density at radius 2 is 1.56 bits per heavy atom. The molecule has 0 saturated carbocycles. The summed E-state index contributed by atoms with van der Waals surface area (Å²) in [7, 11) is -0.551. The van der Waals surface area contributed by atoms with Crippen molar-refractivity contribution in [1.29, 1.82) is 0 Å². The lowest BCUT2D eigenvalue weighted by Gasteiger charge is -2.17. The van der Waals surface area contributed by atoms with Crippen molar-refractivity contribution in [3.05, 3.63) is 54.1 Å². The number of ether oxygens (including phenoxy) is 2. The van der Waals surface area contributed by atoms with Crippen molar-refractivity contribution < 1.29 is 22.7 Å². The Bertz CT molecular complexity index is 814. The summed E-state index contributed by atoms with van der Waals surface area (Å²) in [4.78, 5) is 11.4. The van der Waals surface area contributed by atoms with Gasteiger partial charge in [-0.1, -0.05) is 12.1 Å². The molecule has 0 aliphatic carbocycles. The number of carbonyl (C=O) groups excluding carboxylic acids is 1. The molecule has 0 aromatic heterocycles. The van der Waals surface area contributed by atoms with E-state index in [4.69, 9.17) is 9.47 Å². The van der Waals surface area contributed by atoms with Crippen LogP contribution >= 0.6 is 0 Å². The Labute approximate surface area is 148 Å². The monoisotopic (exact) mass is 363 g/mol. The molecule has 0 fully saturated rings. The molecular formula is C18H21NO5S. The first-order valence-electron chi connectivity index (χ1n) is 7.69. The summed E-state index contributed by atoms with van der Waals surface area (Å²) in [5.41, 5.74) is 0.476. The lowest BCUT2D eigenvalue weighted by molar-refractivity contribution is 0.101. The summed E-state index contributed by atoms with van der Waals surface area (Å²) in [6.45, 7) is 1.85. The summed E-state index contributed by atoms with van der Waals surface area (Å²) < 4.78 is 36.9. The standard InChI is InChI=1S/C18H21NO5S/c1-14(20)15-4-10-18(11-5-15)25(21,22)19(2)12-13-24-17-8-6-16(23-3)7-9-17/h4-11H,12-13H2,1-3H3. The maximum atomic E-state index is 12.5. The number of carbonyl (C=O) groups is 1. The summed E-state index contributed by atoms with van der Waals surface area (Å²) in [6.07, 6.45) is 0. The van der Waals surface area contributed by atoms with Gasteiger partial charge in [-0.15, -0.1) is 0 Å². The van der Waals surface area contributed by atoms with Gasteiger partial charge in [-0.3, -0.25) is 4.79 Å². The number of likely N-dealkylation sites (N-methyl/N-ethyl adjacent to an activating group) is 1. The van der Waals surface area contributed by atoms with E-state index in [1.165, 1.54) is 42.5 Å². The van der Waals surface area contributed by atoms with Crippen molar-refractivity contribution in [2.24, 2.45) is 0 Å². The van der Waals surface area contributed by atoms with E-state index in [9.17, 15) is 13.2 Å². The lowest BCUT2D eigenvalue weighted by atomic mass is 10.2. The number of methoxy groups -OCH3 is 1. The van der Waals surface area contributed by atoms with Gasteiger partial charge in [0.2, 0.25) is 10.0 Å². The molecule has 0 unspecified atom stereocenters. The van der Waals surface area contributed by atoms with Crippen molar-refractivity contribution >= 4 is 15.8 Å². The van der Waals surface area contributed by atoms with Gasteiger partial charge in [0.05, 0.1) is 12.0 Å². The molecule has 0 aliphatic rings. The van der Waals surface area contributed by atoms with Gasteiger partial charge in [0.15, 0.2) is 5.78 Å². The van der Waals surface area contributed by atoms with Gasteiger partial charge >= 0.3 is 0 Å². The van der Waals surface area contributed by atoms with Crippen LogP contribution in [-0.4, -0.2) is 45.8 Å². The molecule has 0 aliphatic heterocycles. The van der Waals surface area contributed by atoms with Gasteiger partial charge in [0.25, 0.3) is 0 Å². The maximum Gasteiger partial charge on any atom is 0.242 e. The van der Waals surface area contributed by atoms with Crippen LogP contribution in [0.25, 0.3) is 0 Å². The number of nitrogens with zero attached hydrogens (tertiary/aromatic N) is 1. The molecule has 2 rings (SSSR count). The van der Waals surface area contributed by atoms with Crippen LogP contribution < -0.4 is 9.47 Å². The van der Waals surface area contributed by atoms with Gasteiger partial charge in [0.1, 0.15) is 18.1 Å². The van der Waals surface area contributed by atoms with Gasteiger partial charge in [-0.05, 0) is 43.3 Å².